The second-order valence-corrected chi connectivity index (χ2v) is 3.64. The summed E-state index contributed by atoms with van der Waals surface area (Å²) in [4.78, 5) is 2.13. The van der Waals surface area contributed by atoms with Crippen LogP contribution < -0.4 is 9.47 Å². The SMILES string of the molecule is COc1cc2c(cc1OC)CN(C)C=C2. The first kappa shape index (κ1) is 9.90. The van der Waals surface area contributed by atoms with Gasteiger partial charge in [-0.3, -0.25) is 0 Å². The zero-order valence-corrected chi connectivity index (χ0v) is 9.28. The Morgan fingerprint density at radius 2 is 1.80 bits per heavy atom. The van der Waals surface area contributed by atoms with Gasteiger partial charge in [0, 0.05) is 13.6 Å². The molecule has 0 atom stereocenters. The van der Waals surface area contributed by atoms with Crippen molar-refractivity contribution in [2.75, 3.05) is 21.3 Å². The Labute approximate surface area is 89.9 Å². The minimum atomic E-state index is 0.783. The molecule has 0 fully saturated rings. The summed E-state index contributed by atoms with van der Waals surface area (Å²) in [5, 5.41) is 0. The molecule has 3 nitrogen and oxygen atoms in total. The molecule has 0 unspecified atom stereocenters. The molecule has 0 spiro atoms. The van der Waals surface area contributed by atoms with Gasteiger partial charge in [0.2, 0.25) is 0 Å². The summed E-state index contributed by atoms with van der Waals surface area (Å²) in [7, 11) is 5.37. The third-order valence-electron chi connectivity index (χ3n) is 2.57. The molecule has 2 rings (SSSR count). The molecule has 0 saturated carbocycles. The van der Waals surface area contributed by atoms with E-state index in [2.05, 4.69) is 24.2 Å². The molecule has 1 aromatic rings. The van der Waals surface area contributed by atoms with Gasteiger partial charge in [0.25, 0.3) is 0 Å². The van der Waals surface area contributed by atoms with E-state index in [4.69, 9.17) is 9.47 Å². The van der Waals surface area contributed by atoms with Crippen LogP contribution >= 0.6 is 0 Å². The lowest BCUT2D eigenvalue weighted by atomic mass is 10.0. The van der Waals surface area contributed by atoms with Gasteiger partial charge in [-0.2, -0.15) is 0 Å². The largest absolute Gasteiger partial charge is 0.493 e. The van der Waals surface area contributed by atoms with Crippen molar-refractivity contribution in [3.63, 3.8) is 0 Å². The predicted molar refractivity (Wildman–Crippen MR) is 60.0 cm³/mol. The van der Waals surface area contributed by atoms with E-state index in [9.17, 15) is 0 Å². The van der Waals surface area contributed by atoms with Gasteiger partial charge < -0.3 is 14.4 Å². The van der Waals surface area contributed by atoms with E-state index in [1.165, 1.54) is 11.1 Å². The summed E-state index contributed by atoms with van der Waals surface area (Å²) in [6.45, 7) is 0.909. The number of fused-ring (bicyclic) bond motifs is 1. The summed E-state index contributed by atoms with van der Waals surface area (Å²) in [5.74, 6) is 1.57. The Morgan fingerprint density at radius 3 is 2.47 bits per heavy atom. The minimum Gasteiger partial charge on any atom is -0.493 e. The lowest BCUT2D eigenvalue weighted by Crippen LogP contribution is -2.14. The van der Waals surface area contributed by atoms with Gasteiger partial charge in [-0.1, -0.05) is 0 Å². The third kappa shape index (κ3) is 1.77. The van der Waals surface area contributed by atoms with Crippen LogP contribution in [-0.4, -0.2) is 26.2 Å². The van der Waals surface area contributed by atoms with Gasteiger partial charge in [0.05, 0.1) is 14.2 Å². The van der Waals surface area contributed by atoms with Crippen molar-refractivity contribution in [2.45, 2.75) is 6.54 Å². The van der Waals surface area contributed by atoms with Crippen LogP contribution in [0.1, 0.15) is 11.1 Å². The molecule has 1 aromatic carbocycles. The molecule has 80 valence electrons. The highest BCUT2D eigenvalue weighted by molar-refractivity contribution is 5.61. The summed E-state index contributed by atoms with van der Waals surface area (Å²) in [6.07, 6.45) is 4.15. The minimum absolute atomic E-state index is 0.783. The normalized spacial score (nSPS) is 13.7. The molecule has 0 aliphatic carbocycles. The molecule has 3 heteroatoms. The number of hydrogen-bond acceptors (Lipinski definition) is 3. The second-order valence-electron chi connectivity index (χ2n) is 3.64. The summed E-state index contributed by atoms with van der Waals surface area (Å²) >= 11 is 0. The van der Waals surface area contributed by atoms with Gasteiger partial charge in [0.15, 0.2) is 11.5 Å². The molecule has 0 bridgehead atoms. The van der Waals surface area contributed by atoms with Crippen molar-refractivity contribution in [3.8, 4) is 11.5 Å². The lowest BCUT2D eigenvalue weighted by molar-refractivity contribution is 0.353. The Hall–Kier alpha value is -1.64. The number of nitrogens with zero attached hydrogens (tertiary/aromatic N) is 1. The number of benzene rings is 1. The lowest BCUT2D eigenvalue weighted by Gasteiger charge is -2.22. The fourth-order valence-corrected chi connectivity index (χ4v) is 1.76. The van der Waals surface area contributed by atoms with Gasteiger partial charge >= 0.3 is 0 Å². The molecule has 0 N–H and O–H groups in total. The molecule has 0 saturated heterocycles. The molecular weight excluding hydrogens is 190 g/mol. The number of hydrogen-bond donors (Lipinski definition) is 0. The highest BCUT2D eigenvalue weighted by Gasteiger charge is 2.12. The number of rotatable bonds is 2. The maximum atomic E-state index is 5.27. The zero-order valence-electron chi connectivity index (χ0n) is 9.28. The molecule has 0 radical (unpaired) electrons. The van der Waals surface area contributed by atoms with Crippen LogP contribution in [0.4, 0.5) is 0 Å². The smallest absolute Gasteiger partial charge is 0.161 e. The molecule has 1 aliphatic heterocycles. The van der Waals surface area contributed by atoms with Crippen LogP contribution in [-0.2, 0) is 6.54 Å². The van der Waals surface area contributed by atoms with E-state index in [0.717, 1.165) is 18.0 Å². The van der Waals surface area contributed by atoms with Crippen molar-refractivity contribution in [1.82, 2.24) is 4.90 Å². The highest BCUT2D eigenvalue weighted by Crippen LogP contribution is 2.33. The average molecular weight is 205 g/mol. The topological polar surface area (TPSA) is 21.7 Å². The predicted octanol–water partition coefficient (Wildman–Crippen LogP) is 2.12. The van der Waals surface area contributed by atoms with E-state index in [1.807, 2.05) is 12.1 Å². The van der Waals surface area contributed by atoms with Crippen LogP contribution in [0.2, 0.25) is 0 Å². The van der Waals surface area contributed by atoms with Crippen LogP contribution in [0.5, 0.6) is 11.5 Å². The van der Waals surface area contributed by atoms with Crippen molar-refractivity contribution in [2.24, 2.45) is 0 Å². The van der Waals surface area contributed by atoms with Crippen molar-refractivity contribution >= 4 is 6.08 Å². The fourth-order valence-electron chi connectivity index (χ4n) is 1.76. The van der Waals surface area contributed by atoms with E-state index >= 15 is 0 Å². The first-order chi connectivity index (χ1) is 7.24. The maximum Gasteiger partial charge on any atom is 0.161 e. The van der Waals surface area contributed by atoms with Crippen LogP contribution in [0.3, 0.4) is 0 Å². The van der Waals surface area contributed by atoms with Gasteiger partial charge in [-0.15, -0.1) is 0 Å². The Bertz CT molecular complexity index is 399. The standard InChI is InChI=1S/C12H15NO2/c1-13-5-4-9-6-11(14-2)12(15-3)7-10(9)8-13/h4-7H,8H2,1-3H3. The highest BCUT2D eigenvalue weighted by atomic mass is 16.5. The summed E-state index contributed by atoms with van der Waals surface area (Å²) in [5.41, 5.74) is 2.46. The van der Waals surface area contributed by atoms with E-state index in [1.54, 1.807) is 14.2 Å². The first-order valence-electron chi connectivity index (χ1n) is 4.88. The van der Waals surface area contributed by atoms with E-state index in [-0.39, 0.29) is 0 Å². The van der Waals surface area contributed by atoms with Crippen molar-refractivity contribution in [3.05, 3.63) is 29.5 Å². The molecule has 0 amide bonds. The molecule has 0 aromatic heterocycles. The van der Waals surface area contributed by atoms with Crippen molar-refractivity contribution in [1.29, 1.82) is 0 Å². The molecule has 1 aliphatic rings. The summed E-state index contributed by atoms with van der Waals surface area (Å²) < 4.78 is 10.5. The van der Waals surface area contributed by atoms with Crippen LogP contribution in [0.15, 0.2) is 18.3 Å². The molecule has 1 heterocycles. The number of ether oxygens (including phenoxy) is 2. The van der Waals surface area contributed by atoms with Gasteiger partial charge in [-0.05, 0) is 35.5 Å². The Balaban J connectivity index is 2.47. The first-order valence-corrected chi connectivity index (χ1v) is 4.88. The zero-order chi connectivity index (χ0) is 10.8. The molecule has 15 heavy (non-hydrogen) atoms. The Morgan fingerprint density at radius 1 is 1.13 bits per heavy atom. The second kappa shape index (κ2) is 3.85. The van der Waals surface area contributed by atoms with Crippen molar-refractivity contribution < 1.29 is 9.47 Å². The van der Waals surface area contributed by atoms with Gasteiger partial charge in [0.1, 0.15) is 0 Å². The monoisotopic (exact) mass is 205 g/mol. The summed E-state index contributed by atoms with van der Waals surface area (Å²) in [6, 6.07) is 4.05. The third-order valence-corrected chi connectivity index (χ3v) is 2.57. The quantitative estimate of drug-likeness (QED) is 0.738. The Kier molecular flexibility index (Phi) is 2.54. The average Bonchev–Trinajstić information content (AvgIpc) is 2.27. The maximum absolute atomic E-state index is 5.27. The van der Waals surface area contributed by atoms with Crippen LogP contribution in [0, 0.1) is 0 Å². The van der Waals surface area contributed by atoms with Gasteiger partial charge in [-0.25, -0.2) is 0 Å². The van der Waals surface area contributed by atoms with E-state index in [0.29, 0.717) is 0 Å². The number of methoxy groups -OCH3 is 2. The molecular formula is C12H15NO2. The van der Waals surface area contributed by atoms with Crippen LogP contribution in [0.25, 0.3) is 6.08 Å². The fraction of sp³-hybridized carbons (Fsp3) is 0.333. The van der Waals surface area contributed by atoms with E-state index < -0.39 is 0 Å².